The van der Waals surface area contributed by atoms with Crippen molar-refractivity contribution in [3.05, 3.63) is 54.1 Å². The summed E-state index contributed by atoms with van der Waals surface area (Å²) in [5.74, 6) is 0.640. The second-order valence-electron chi connectivity index (χ2n) is 4.26. The van der Waals surface area contributed by atoms with E-state index in [-0.39, 0.29) is 5.91 Å². The molecule has 0 fully saturated rings. The summed E-state index contributed by atoms with van der Waals surface area (Å²) in [5.41, 5.74) is 12.8. The van der Waals surface area contributed by atoms with E-state index in [1.54, 1.807) is 30.0 Å². The first kappa shape index (κ1) is 14.3. The van der Waals surface area contributed by atoms with Crippen LogP contribution in [0, 0.1) is 0 Å². The van der Waals surface area contributed by atoms with Gasteiger partial charge < -0.3 is 16.8 Å². The van der Waals surface area contributed by atoms with Crippen molar-refractivity contribution >= 4 is 29.0 Å². The lowest BCUT2D eigenvalue weighted by molar-refractivity contribution is 0.0957. The van der Waals surface area contributed by atoms with Crippen LogP contribution in [0.1, 0.15) is 10.4 Å². The molecular formula is C15H17N3OS. The normalized spacial score (nSPS) is 10.2. The van der Waals surface area contributed by atoms with E-state index in [4.69, 9.17) is 11.5 Å². The number of carbonyl (C=O) groups is 1. The van der Waals surface area contributed by atoms with Crippen molar-refractivity contribution in [3.63, 3.8) is 0 Å². The molecule has 20 heavy (non-hydrogen) atoms. The largest absolute Gasteiger partial charge is 0.399 e. The molecule has 0 saturated carbocycles. The van der Waals surface area contributed by atoms with Gasteiger partial charge in [0.05, 0.1) is 5.56 Å². The van der Waals surface area contributed by atoms with Crippen LogP contribution < -0.4 is 16.8 Å². The monoisotopic (exact) mass is 287 g/mol. The van der Waals surface area contributed by atoms with Crippen molar-refractivity contribution in [2.24, 2.45) is 0 Å². The number of thioether (sulfide) groups is 1. The highest BCUT2D eigenvalue weighted by molar-refractivity contribution is 7.99. The minimum atomic E-state index is -0.170. The summed E-state index contributed by atoms with van der Waals surface area (Å²) < 4.78 is 0. The topological polar surface area (TPSA) is 81.1 Å². The van der Waals surface area contributed by atoms with Gasteiger partial charge in [-0.2, -0.15) is 0 Å². The molecule has 104 valence electrons. The average molecular weight is 287 g/mol. The summed E-state index contributed by atoms with van der Waals surface area (Å²) in [6.07, 6.45) is 0. The zero-order chi connectivity index (χ0) is 14.4. The third-order valence-corrected chi connectivity index (χ3v) is 3.73. The van der Waals surface area contributed by atoms with Gasteiger partial charge >= 0.3 is 0 Å². The Morgan fingerprint density at radius 3 is 2.55 bits per heavy atom. The first-order valence-electron chi connectivity index (χ1n) is 6.28. The standard InChI is InChI=1S/C15H17N3OS/c16-11-6-7-13(14(17)10-11)15(19)18-8-9-20-12-4-2-1-3-5-12/h1-7,10H,8-9,16-17H2,(H,18,19). The molecule has 5 N–H and O–H groups in total. The molecule has 5 heteroatoms. The van der Waals surface area contributed by atoms with Gasteiger partial charge in [-0.05, 0) is 30.3 Å². The van der Waals surface area contributed by atoms with Crippen molar-refractivity contribution < 1.29 is 4.79 Å². The molecule has 2 aromatic rings. The molecule has 0 saturated heterocycles. The van der Waals surface area contributed by atoms with Crippen LogP contribution in [0.3, 0.4) is 0 Å². The van der Waals surface area contributed by atoms with E-state index < -0.39 is 0 Å². The van der Waals surface area contributed by atoms with Gasteiger partial charge in [-0.25, -0.2) is 0 Å². The van der Waals surface area contributed by atoms with E-state index in [0.29, 0.717) is 23.5 Å². The molecule has 0 spiro atoms. The number of nitrogens with one attached hydrogen (secondary N) is 1. The van der Waals surface area contributed by atoms with Gasteiger partial charge in [0.15, 0.2) is 0 Å². The highest BCUT2D eigenvalue weighted by atomic mass is 32.2. The van der Waals surface area contributed by atoms with Crippen molar-refractivity contribution in [2.45, 2.75) is 4.90 Å². The van der Waals surface area contributed by atoms with Crippen LogP contribution in [0.25, 0.3) is 0 Å². The Morgan fingerprint density at radius 1 is 1.10 bits per heavy atom. The number of nitrogens with two attached hydrogens (primary N) is 2. The van der Waals surface area contributed by atoms with E-state index in [0.717, 1.165) is 5.75 Å². The Bertz CT molecular complexity index is 587. The molecule has 2 rings (SSSR count). The zero-order valence-electron chi connectivity index (χ0n) is 11.0. The first-order valence-corrected chi connectivity index (χ1v) is 7.26. The molecule has 0 atom stereocenters. The molecule has 4 nitrogen and oxygen atoms in total. The van der Waals surface area contributed by atoms with E-state index in [9.17, 15) is 4.79 Å². The number of anilines is 2. The maximum atomic E-state index is 11.9. The summed E-state index contributed by atoms with van der Waals surface area (Å²) in [7, 11) is 0. The van der Waals surface area contributed by atoms with Crippen LogP contribution >= 0.6 is 11.8 Å². The Hall–Kier alpha value is -2.14. The maximum absolute atomic E-state index is 11.9. The fourth-order valence-electron chi connectivity index (χ4n) is 1.73. The predicted molar refractivity (Wildman–Crippen MR) is 84.8 cm³/mol. The highest BCUT2D eigenvalue weighted by Crippen LogP contribution is 2.17. The van der Waals surface area contributed by atoms with Gasteiger partial charge in [0.25, 0.3) is 5.91 Å². The summed E-state index contributed by atoms with van der Waals surface area (Å²) >= 11 is 1.70. The van der Waals surface area contributed by atoms with Gasteiger partial charge in [0, 0.05) is 28.6 Å². The van der Waals surface area contributed by atoms with Gasteiger partial charge in [0.1, 0.15) is 0 Å². The quantitative estimate of drug-likeness (QED) is 0.448. The molecule has 0 heterocycles. The minimum absolute atomic E-state index is 0.170. The van der Waals surface area contributed by atoms with E-state index >= 15 is 0 Å². The zero-order valence-corrected chi connectivity index (χ0v) is 11.8. The Kier molecular flexibility index (Phi) is 4.90. The molecule has 0 radical (unpaired) electrons. The number of hydrogen-bond donors (Lipinski definition) is 3. The molecule has 2 aromatic carbocycles. The number of hydrogen-bond acceptors (Lipinski definition) is 4. The molecule has 1 amide bonds. The van der Waals surface area contributed by atoms with Crippen LogP contribution in [-0.2, 0) is 0 Å². The lowest BCUT2D eigenvalue weighted by Gasteiger charge is -2.08. The Labute approximate surface area is 122 Å². The Balaban J connectivity index is 1.80. The van der Waals surface area contributed by atoms with Crippen molar-refractivity contribution in [2.75, 3.05) is 23.8 Å². The van der Waals surface area contributed by atoms with Crippen molar-refractivity contribution in [1.82, 2.24) is 5.32 Å². The summed E-state index contributed by atoms with van der Waals surface area (Å²) in [6, 6.07) is 15.0. The van der Waals surface area contributed by atoms with Crippen LogP contribution in [0.5, 0.6) is 0 Å². The molecule has 0 aliphatic carbocycles. The van der Waals surface area contributed by atoms with Gasteiger partial charge in [0.2, 0.25) is 0 Å². The lowest BCUT2D eigenvalue weighted by atomic mass is 10.1. The van der Waals surface area contributed by atoms with Gasteiger partial charge in [-0.15, -0.1) is 11.8 Å². The number of nitrogen functional groups attached to an aromatic ring is 2. The molecule has 0 aliphatic heterocycles. The predicted octanol–water partition coefficient (Wildman–Crippen LogP) is 2.37. The average Bonchev–Trinajstić information content (AvgIpc) is 2.44. The van der Waals surface area contributed by atoms with Gasteiger partial charge in [-0.3, -0.25) is 4.79 Å². The smallest absolute Gasteiger partial charge is 0.253 e. The van der Waals surface area contributed by atoms with Crippen LogP contribution in [0.15, 0.2) is 53.4 Å². The van der Waals surface area contributed by atoms with E-state index in [1.807, 2.05) is 30.3 Å². The first-order chi connectivity index (χ1) is 9.66. The number of rotatable bonds is 5. The lowest BCUT2D eigenvalue weighted by Crippen LogP contribution is -2.26. The second-order valence-corrected chi connectivity index (χ2v) is 5.43. The summed E-state index contributed by atoms with van der Waals surface area (Å²) in [6.45, 7) is 0.586. The molecule has 0 bridgehead atoms. The van der Waals surface area contributed by atoms with E-state index in [1.165, 1.54) is 4.90 Å². The fraction of sp³-hybridized carbons (Fsp3) is 0.133. The molecular weight excluding hydrogens is 270 g/mol. The third kappa shape index (κ3) is 3.93. The van der Waals surface area contributed by atoms with Crippen LogP contribution in [0.4, 0.5) is 11.4 Å². The van der Waals surface area contributed by atoms with E-state index in [2.05, 4.69) is 5.32 Å². The van der Waals surface area contributed by atoms with Crippen LogP contribution in [0.2, 0.25) is 0 Å². The number of amides is 1. The fourth-order valence-corrected chi connectivity index (χ4v) is 2.52. The summed E-state index contributed by atoms with van der Waals surface area (Å²) in [5, 5.41) is 2.85. The minimum Gasteiger partial charge on any atom is -0.399 e. The number of benzene rings is 2. The SMILES string of the molecule is Nc1ccc(C(=O)NCCSc2ccccc2)c(N)c1. The maximum Gasteiger partial charge on any atom is 0.253 e. The van der Waals surface area contributed by atoms with Gasteiger partial charge in [-0.1, -0.05) is 18.2 Å². The number of carbonyl (C=O) groups excluding carboxylic acids is 1. The Morgan fingerprint density at radius 2 is 1.85 bits per heavy atom. The van der Waals surface area contributed by atoms with Crippen molar-refractivity contribution in [3.8, 4) is 0 Å². The highest BCUT2D eigenvalue weighted by Gasteiger charge is 2.08. The van der Waals surface area contributed by atoms with Crippen molar-refractivity contribution in [1.29, 1.82) is 0 Å². The molecule has 0 unspecified atom stereocenters. The van der Waals surface area contributed by atoms with Crippen LogP contribution in [-0.4, -0.2) is 18.2 Å². The molecule has 0 aliphatic rings. The summed E-state index contributed by atoms with van der Waals surface area (Å²) in [4.78, 5) is 13.1. The second kappa shape index (κ2) is 6.86. The third-order valence-electron chi connectivity index (χ3n) is 2.72. The molecule has 0 aromatic heterocycles.